The van der Waals surface area contributed by atoms with Gasteiger partial charge in [0.25, 0.3) is 0 Å². The molecule has 0 bridgehead atoms. The summed E-state index contributed by atoms with van der Waals surface area (Å²) in [5.41, 5.74) is 1.06. The van der Waals surface area contributed by atoms with Crippen LogP contribution in [0.2, 0.25) is 0 Å². The van der Waals surface area contributed by atoms with Gasteiger partial charge >= 0.3 is 5.97 Å². The minimum Gasteiger partial charge on any atom is -0.477 e. The molecular formula is C9H10FNO2. The molecule has 0 aromatic carbocycles. The van der Waals surface area contributed by atoms with Crippen molar-refractivity contribution >= 4 is 5.97 Å². The molecule has 0 radical (unpaired) electrons. The second-order valence-corrected chi connectivity index (χ2v) is 2.60. The van der Waals surface area contributed by atoms with Crippen molar-refractivity contribution in [3.63, 3.8) is 0 Å². The van der Waals surface area contributed by atoms with Crippen molar-refractivity contribution in [1.29, 1.82) is 0 Å². The van der Waals surface area contributed by atoms with Crippen molar-refractivity contribution in [3.8, 4) is 0 Å². The molecule has 0 aromatic rings. The molecule has 0 aromatic heterocycles. The molecule has 13 heavy (non-hydrogen) atoms. The highest BCUT2D eigenvalue weighted by atomic mass is 19.1. The summed E-state index contributed by atoms with van der Waals surface area (Å²) in [6.45, 7) is 1.87. The first-order valence-electron chi connectivity index (χ1n) is 3.90. The van der Waals surface area contributed by atoms with Crippen molar-refractivity contribution < 1.29 is 14.3 Å². The monoisotopic (exact) mass is 183 g/mol. The van der Waals surface area contributed by atoms with E-state index in [2.05, 4.69) is 5.32 Å². The topological polar surface area (TPSA) is 49.3 Å². The lowest BCUT2D eigenvalue weighted by Crippen LogP contribution is -2.19. The minimum absolute atomic E-state index is 0.0129. The summed E-state index contributed by atoms with van der Waals surface area (Å²) in [5, 5.41) is 11.2. The van der Waals surface area contributed by atoms with Crippen LogP contribution >= 0.6 is 0 Å². The number of dihydropyridines is 1. The fourth-order valence-corrected chi connectivity index (χ4v) is 1.07. The Morgan fingerprint density at radius 2 is 2.46 bits per heavy atom. The number of allylic oxidation sites excluding steroid dienone is 3. The molecule has 1 heterocycles. The number of nitrogens with one attached hydrogen (secondary N) is 1. The Hall–Kier alpha value is -1.58. The summed E-state index contributed by atoms with van der Waals surface area (Å²) in [4.78, 5) is 10.5. The van der Waals surface area contributed by atoms with Gasteiger partial charge < -0.3 is 10.4 Å². The highest BCUT2D eigenvalue weighted by Crippen LogP contribution is 2.19. The van der Waals surface area contributed by atoms with Crippen LogP contribution in [0.1, 0.15) is 13.3 Å². The number of carboxylic acid groups (broad SMARTS) is 1. The van der Waals surface area contributed by atoms with Crippen LogP contribution in [0.4, 0.5) is 4.39 Å². The fourth-order valence-electron chi connectivity index (χ4n) is 1.07. The average molecular weight is 183 g/mol. The maximum atomic E-state index is 12.3. The van der Waals surface area contributed by atoms with Crippen molar-refractivity contribution in [2.45, 2.75) is 13.3 Å². The Morgan fingerprint density at radius 3 is 2.92 bits per heavy atom. The van der Waals surface area contributed by atoms with E-state index in [0.29, 0.717) is 18.3 Å². The number of aliphatic carboxylic acids is 1. The van der Waals surface area contributed by atoms with Crippen molar-refractivity contribution in [1.82, 2.24) is 5.32 Å². The Labute approximate surface area is 75.3 Å². The molecular weight excluding hydrogens is 173 g/mol. The summed E-state index contributed by atoms with van der Waals surface area (Å²) in [7, 11) is 0. The summed E-state index contributed by atoms with van der Waals surface area (Å²) in [6.07, 6.45) is 3.86. The van der Waals surface area contributed by atoms with Crippen LogP contribution in [0.15, 0.2) is 35.4 Å². The lowest BCUT2D eigenvalue weighted by molar-refractivity contribution is -0.133. The standard InChI is InChI=1S/C9H10FNO2/c1-2-6-5-11-8(9(12)13)3-7(6)4-10/h3-5,11H,2H2,1H3,(H,12,13)/b7-4+. The third-order valence-corrected chi connectivity index (χ3v) is 1.80. The van der Waals surface area contributed by atoms with Gasteiger partial charge in [-0.2, -0.15) is 0 Å². The zero-order chi connectivity index (χ0) is 9.84. The van der Waals surface area contributed by atoms with Crippen molar-refractivity contribution in [2.24, 2.45) is 0 Å². The molecule has 1 rings (SSSR count). The molecule has 0 atom stereocenters. The smallest absolute Gasteiger partial charge is 0.352 e. The minimum atomic E-state index is -1.09. The van der Waals surface area contributed by atoms with Gasteiger partial charge in [-0.05, 0) is 18.1 Å². The Bertz CT molecular complexity index is 316. The van der Waals surface area contributed by atoms with E-state index in [-0.39, 0.29) is 5.70 Å². The predicted molar refractivity (Wildman–Crippen MR) is 46.4 cm³/mol. The SMILES string of the molecule is CCC1=CNC(C(=O)O)=C/C1=C\F. The molecule has 0 fully saturated rings. The third-order valence-electron chi connectivity index (χ3n) is 1.80. The molecule has 1 aliphatic heterocycles. The highest BCUT2D eigenvalue weighted by Gasteiger charge is 2.13. The third kappa shape index (κ3) is 1.96. The summed E-state index contributed by atoms with van der Waals surface area (Å²) in [6, 6.07) is 0. The van der Waals surface area contributed by atoms with Crippen LogP contribution in [0.5, 0.6) is 0 Å². The summed E-state index contributed by atoms with van der Waals surface area (Å²) in [5.74, 6) is -1.09. The van der Waals surface area contributed by atoms with Crippen LogP contribution in [-0.2, 0) is 4.79 Å². The Kier molecular flexibility index (Phi) is 2.84. The molecule has 70 valence electrons. The Morgan fingerprint density at radius 1 is 1.77 bits per heavy atom. The molecule has 0 saturated heterocycles. The molecule has 0 aliphatic carbocycles. The van der Waals surface area contributed by atoms with Gasteiger partial charge in [0, 0.05) is 11.8 Å². The van der Waals surface area contributed by atoms with E-state index in [1.54, 1.807) is 0 Å². The average Bonchev–Trinajstić information content (AvgIpc) is 2.16. The molecule has 2 N–H and O–H groups in total. The molecule has 0 spiro atoms. The van der Waals surface area contributed by atoms with Crippen molar-refractivity contribution in [2.75, 3.05) is 0 Å². The molecule has 4 heteroatoms. The van der Waals surface area contributed by atoms with Crippen LogP contribution in [0, 0.1) is 0 Å². The van der Waals surface area contributed by atoms with Gasteiger partial charge in [0.05, 0.1) is 6.33 Å². The van der Waals surface area contributed by atoms with Crippen LogP contribution < -0.4 is 5.32 Å². The zero-order valence-corrected chi connectivity index (χ0v) is 7.17. The highest BCUT2D eigenvalue weighted by molar-refractivity contribution is 5.87. The first-order valence-corrected chi connectivity index (χ1v) is 3.90. The lowest BCUT2D eigenvalue weighted by atomic mass is 10.0. The predicted octanol–water partition coefficient (Wildman–Crippen LogP) is 1.71. The molecule has 0 saturated carbocycles. The van der Waals surface area contributed by atoms with Gasteiger partial charge in [0.2, 0.25) is 0 Å². The number of hydrogen-bond donors (Lipinski definition) is 2. The molecule has 0 amide bonds. The number of hydrogen-bond acceptors (Lipinski definition) is 2. The van der Waals surface area contributed by atoms with Gasteiger partial charge in [0.1, 0.15) is 5.70 Å². The van der Waals surface area contributed by atoms with E-state index in [4.69, 9.17) is 5.11 Å². The number of halogens is 1. The van der Waals surface area contributed by atoms with E-state index in [1.165, 1.54) is 12.3 Å². The number of carboxylic acids is 1. The lowest BCUT2D eigenvalue weighted by Gasteiger charge is -2.13. The van der Waals surface area contributed by atoms with Gasteiger partial charge in [-0.25, -0.2) is 9.18 Å². The quantitative estimate of drug-likeness (QED) is 0.685. The van der Waals surface area contributed by atoms with E-state index in [9.17, 15) is 9.18 Å². The van der Waals surface area contributed by atoms with E-state index in [0.717, 1.165) is 5.57 Å². The van der Waals surface area contributed by atoms with E-state index >= 15 is 0 Å². The molecule has 1 aliphatic rings. The Balaban J connectivity index is 2.93. The first-order chi connectivity index (χ1) is 6.19. The fraction of sp³-hybridized carbons (Fsp3) is 0.222. The van der Waals surface area contributed by atoms with Gasteiger partial charge in [-0.1, -0.05) is 6.92 Å². The van der Waals surface area contributed by atoms with Gasteiger partial charge in [0.15, 0.2) is 0 Å². The number of carbonyl (C=O) groups is 1. The number of rotatable bonds is 2. The second-order valence-electron chi connectivity index (χ2n) is 2.60. The zero-order valence-electron chi connectivity index (χ0n) is 7.17. The largest absolute Gasteiger partial charge is 0.477 e. The molecule has 0 unspecified atom stereocenters. The van der Waals surface area contributed by atoms with Gasteiger partial charge in [-0.15, -0.1) is 0 Å². The first kappa shape index (κ1) is 9.51. The maximum Gasteiger partial charge on any atom is 0.352 e. The van der Waals surface area contributed by atoms with Crippen LogP contribution in [-0.4, -0.2) is 11.1 Å². The van der Waals surface area contributed by atoms with Crippen molar-refractivity contribution in [3.05, 3.63) is 35.4 Å². The van der Waals surface area contributed by atoms with Crippen LogP contribution in [0.3, 0.4) is 0 Å². The van der Waals surface area contributed by atoms with Gasteiger partial charge in [-0.3, -0.25) is 0 Å². The normalized spacial score (nSPS) is 19.1. The maximum absolute atomic E-state index is 12.3. The molecule has 3 nitrogen and oxygen atoms in total. The summed E-state index contributed by atoms with van der Waals surface area (Å²) < 4.78 is 12.3. The second kappa shape index (κ2) is 3.89. The van der Waals surface area contributed by atoms with E-state index in [1.807, 2.05) is 6.92 Å². The summed E-state index contributed by atoms with van der Waals surface area (Å²) >= 11 is 0. The van der Waals surface area contributed by atoms with E-state index < -0.39 is 5.97 Å². The van der Waals surface area contributed by atoms with Crippen LogP contribution in [0.25, 0.3) is 0 Å².